The Labute approximate surface area is 119 Å². The first-order chi connectivity index (χ1) is 10.1. The summed E-state index contributed by atoms with van der Waals surface area (Å²) in [5.41, 5.74) is 9.32. The summed E-state index contributed by atoms with van der Waals surface area (Å²) in [6.45, 7) is 1.66. The van der Waals surface area contributed by atoms with E-state index >= 15 is 0 Å². The van der Waals surface area contributed by atoms with Gasteiger partial charge in [-0.15, -0.1) is 0 Å². The molecular formula is C13H13N3O5. The first-order valence-corrected chi connectivity index (χ1v) is 6.44. The van der Waals surface area contributed by atoms with Crippen LogP contribution in [-0.4, -0.2) is 36.1 Å². The fourth-order valence-corrected chi connectivity index (χ4v) is 2.67. The van der Waals surface area contributed by atoms with Crippen molar-refractivity contribution in [3.05, 3.63) is 34.2 Å². The second kappa shape index (κ2) is 5.16. The Morgan fingerprint density at radius 2 is 2.19 bits per heavy atom. The minimum absolute atomic E-state index is 0.137. The van der Waals surface area contributed by atoms with E-state index in [1.807, 2.05) is 0 Å². The fourth-order valence-electron chi connectivity index (χ4n) is 2.67. The van der Waals surface area contributed by atoms with Crippen LogP contribution in [-0.2, 0) is 9.53 Å². The Hall–Kier alpha value is -2.44. The number of hydrogen-bond acceptors (Lipinski definition) is 6. The Kier molecular flexibility index (Phi) is 3.32. The van der Waals surface area contributed by atoms with Crippen molar-refractivity contribution in [2.75, 3.05) is 6.79 Å². The Bertz CT molecular complexity index is 626. The lowest BCUT2D eigenvalue weighted by Crippen LogP contribution is -2.30. The van der Waals surface area contributed by atoms with Gasteiger partial charge in [0.15, 0.2) is 11.5 Å². The van der Waals surface area contributed by atoms with E-state index in [9.17, 15) is 9.90 Å². The van der Waals surface area contributed by atoms with Crippen LogP contribution >= 0.6 is 0 Å². The number of ether oxygens (including phenoxy) is 3. The molecule has 0 aliphatic carbocycles. The van der Waals surface area contributed by atoms with Crippen LogP contribution in [0.25, 0.3) is 10.4 Å². The molecule has 110 valence electrons. The van der Waals surface area contributed by atoms with Crippen molar-refractivity contribution in [2.45, 2.75) is 31.1 Å². The fraction of sp³-hybridized carbons (Fsp3) is 0.462. The van der Waals surface area contributed by atoms with Crippen molar-refractivity contribution < 1.29 is 24.1 Å². The van der Waals surface area contributed by atoms with E-state index in [1.54, 1.807) is 18.2 Å². The molecule has 4 atom stereocenters. The summed E-state index contributed by atoms with van der Waals surface area (Å²) in [7, 11) is 0. The molecule has 21 heavy (non-hydrogen) atoms. The number of aliphatic hydroxyl groups is 1. The van der Waals surface area contributed by atoms with Gasteiger partial charge in [-0.2, -0.15) is 0 Å². The van der Waals surface area contributed by atoms with Gasteiger partial charge >= 0.3 is 5.97 Å². The predicted molar refractivity (Wildman–Crippen MR) is 69.8 cm³/mol. The molecule has 1 fully saturated rings. The normalized spacial score (nSPS) is 27.9. The minimum atomic E-state index is -1.00. The lowest BCUT2D eigenvalue weighted by molar-refractivity contribution is -0.145. The molecule has 3 rings (SSSR count). The molecular weight excluding hydrogens is 278 g/mol. The second-order valence-corrected chi connectivity index (χ2v) is 4.93. The van der Waals surface area contributed by atoms with Crippen molar-refractivity contribution >= 4 is 5.97 Å². The molecule has 0 radical (unpaired) electrons. The molecule has 0 unspecified atom stereocenters. The smallest absolute Gasteiger partial charge is 0.316 e. The number of carbonyl (C=O) groups is 1. The maximum atomic E-state index is 11.8. The quantitative estimate of drug-likeness (QED) is 0.392. The molecule has 0 spiro atoms. The molecule has 8 nitrogen and oxygen atoms in total. The summed E-state index contributed by atoms with van der Waals surface area (Å²) in [5.74, 6) is -0.0435. The average Bonchev–Trinajstić information content (AvgIpc) is 3.04. The van der Waals surface area contributed by atoms with E-state index in [-0.39, 0.29) is 6.79 Å². The van der Waals surface area contributed by atoms with Gasteiger partial charge in [-0.3, -0.25) is 4.79 Å². The largest absolute Gasteiger partial charge is 0.459 e. The Balaban J connectivity index is 2.02. The predicted octanol–water partition coefficient (Wildman–Crippen LogP) is 1.48. The lowest BCUT2D eigenvalue weighted by atomic mass is 9.87. The molecule has 1 aromatic rings. The molecule has 2 heterocycles. The van der Waals surface area contributed by atoms with E-state index < -0.39 is 30.1 Å². The molecule has 1 N–H and O–H groups in total. The summed E-state index contributed by atoms with van der Waals surface area (Å²) < 4.78 is 15.7. The maximum Gasteiger partial charge on any atom is 0.316 e. The van der Waals surface area contributed by atoms with Gasteiger partial charge in [0.1, 0.15) is 12.1 Å². The lowest BCUT2D eigenvalue weighted by Gasteiger charge is -2.22. The first-order valence-electron chi connectivity index (χ1n) is 6.44. The molecule has 1 saturated heterocycles. The number of benzene rings is 1. The van der Waals surface area contributed by atoms with Gasteiger partial charge in [0.2, 0.25) is 6.79 Å². The van der Waals surface area contributed by atoms with E-state index in [1.165, 1.54) is 6.92 Å². The van der Waals surface area contributed by atoms with Gasteiger partial charge in [0, 0.05) is 10.8 Å². The van der Waals surface area contributed by atoms with Crippen molar-refractivity contribution in [1.29, 1.82) is 0 Å². The molecule has 0 saturated carbocycles. The summed E-state index contributed by atoms with van der Waals surface area (Å²) in [6.07, 6.45) is -1.66. The summed E-state index contributed by atoms with van der Waals surface area (Å²) in [4.78, 5) is 14.5. The first kappa shape index (κ1) is 13.5. The van der Waals surface area contributed by atoms with Gasteiger partial charge in [0.25, 0.3) is 0 Å². The van der Waals surface area contributed by atoms with Gasteiger partial charge in [-0.25, -0.2) is 0 Å². The number of nitrogens with zero attached hydrogens (tertiary/aromatic N) is 3. The van der Waals surface area contributed by atoms with Crippen LogP contribution in [0.4, 0.5) is 0 Å². The highest BCUT2D eigenvalue weighted by Crippen LogP contribution is 2.41. The molecule has 8 heteroatoms. The zero-order chi connectivity index (χ0) is 15.0. The number of aliphatic hydroxyl groups excluding tert-OH is 1. The summed E-state index contributed by atoms with van der Waals surface area (Å²) in [6, 6.07) is 4.17. The van der Waals surface area contributed by atoms with Crippen LogP contribution in [0.5, 0.6) is 11.5 Å². The number of fused-ring (bicyclic) bond motifs is 1. The van der Waals surface area contributed by atoms with E-state index in [0.717, 1.165) is 0 Å². The highest BCUT2D eigenvalue weighted by molar-refractivity contribution is 5.80. The minimum Gasteiger partial charge on any atom is -0.459 e. The van der Waals surface area contributed by atoms with Crippen LogP contribution in [0.3, 0.4) is 0 Å². The second-order valence-electron chi connectivity index (χ2n) is 4.93. The molecule has 0 bridgehead atoms. The highest BCUT2D eigenvalue weighted by atomic mass is 16.7. The van der Waals surface area contributed by atoms with Gasteiger partial charge in [-0.05, 0) is 30.2 Å². The van der Waals surface area contributed by atoms with Crippen molar-refractivity contribution in [3.63, 3.8) is 0 Å². The molecule has 0 amide bonds. The summed E-state index contributed by atoms with van der Waals surface area (Å²) >= 11 is 0. The van der Waals surface area contributed by atoms with Crippen LogP contribution in [0.15, 0.2) is 23.3 Å². The monoisotopic (exact) mass is 291 g/mol. The third-order valence-corrected chi connectivity index (χ3v) is 3.62. The Morgan fingerprint density at radius 3 is 2.90 bits per heavy atom. The van der Waals surface area contributed by atoms with Crippen molar-refractivity contribution in [1.82, 2.24) is 0 Å². The van der Waals surface area contributed by atoms with Crippen molar-refractivity contribution in [3.8, 4) is 11.5 Å². The number of cyclic esters (lactones) is 1. The highest BCUT2D eigenvalue weighted by Gasteiger charge is 2.47. The molecule has 0 aromatic heterocycles. The van der Waals surface area contributed by atoms with Crippen LogP contribution in [0.2, 0.25) is 0 Å². The number of azide groups is 1. The van der Waals surface area contributed by atoms with E-state index in [2.05, 4.69) is 10.0 Å². The van der Waals surface area contributed by atoms with E-state index in [4.69, 9.17) is 19.7 Å². The van der Waals surface area contributed by atoms with Gasteiger partial charge in [0.05, 0.1) is 6.10 Å². The zero-order valence-electron chi connectivity index (χ0n) is 11.2. The average molecular weight is 291 g/mol. The van der Waals surface area contributed by atoms with Crippen LogP contribution < -0.4 is 9.47 Å². The third kappa shape index (κ3) is 2.24. The number of carbonyl (C=O) groups excluding carboxylic acids is 1. The number of rotatable bonds is 3. The van der Waals surface area contributed by atoms with Gasteiger partial charge in [-0.1, -0.05) is 11.2 Å². The Morgan fingerprint density at radius 1 is 1.43 bits per heavy atom. The molecule has 2 aliphatic rings. The SMILES string of the molecule is C[C@@H](O)[C@@H]1OC(=O)[C@H](N=[N+]=[N-])[C@H]1c1ccc2c(c1)OCO2. The molecule has 1 aromatic carbocycles. The third-order valence-electron chi connectivity index (χ3n) is 3.62. The number of esters is 1. The van der Waals surface area contributed by atoms with Gasteiger partial charge < -0.3 is 19.3 Å². The van der Waals surface area contributed by atoms with Crippen LogP contribution in [0, 0.1) is 0 Å². The van der Waals surface area contributed by atoms with E-state index in [0.29, 0.717) is 17.1 Å². The van der Waals surface area contributed by atoms with Crippen LogP contribution in [0.1, 0.15) is 18.4 Å². The standard InChI is InChI=1S/C13H13N3O5/c1-6(17)12-10(11(15-16-14)13(18)21-12)7-2-3-8-9(4-7)20-5-19-8/h2-4,6,10-12,17H,5H2,1H3/t6-,10-,11-,12+/m1/s1. The molecule has 2 aliphatic heterocycles. The number of hydrogen-bond donors (Lipinski definition) is 1. The maximum absolute atomic E-state index is 11.8. The topological polar surface area (TPSA) is 114 Å². The summed E-state index contributed by atoms with van der Waals surface area (Å²) in [5, 5.41) is 13.3. The van der Waals surface area contributed by atoms with Crippen molar-refractivity contribution in [2.24, 2.45) is 5.11 Å². The zero-order valence-corrected chi connectivity index (χ0v) is 11.2.